The van der Waals surface area contributed by atoms with Gasteiger partial charge in [0.2, 0.25) is 0 Å². The Balaban J connectivity index is 1.81. The molecule has 2 saturated carbocycles. The Morgan fingerprint density at radius 2 is 1.74 bits per heavy atom. The molecule has 2 heteroatoms. The monoisotopic (exact) mass is 259 g/mol. The average molecular weight is 259 g/mol. The average Bonchev–Trinajstić information content (AvgIpc) is 2.87. The van der Waals surface area contributed by atoms with Crippen molar-refractivity contribution < 1.29 is 4.74 Å². The van der Waals surface area contributed by atoms with Gasteiger partial charge in [-0.1, -0.05) is 25.0 Å². The first-order chi connectivity index (χ1) is 9.22. The molecule has 2 nitrogen and oxygen atoms in total. The molecule has 1 aromatic rings. The van der Waals surface area contributed by atoms with Crippen LogP contribution >= 0.6 is 0 Å². The van der Waals surface area contributed by atoms with Gasteiger partial charge in [0.1, 0.15) is 5.75 Å². The molecule has 19 heavy (non-hydrogen) atoms. The lowest BCUT2D eigenvalue weighted by molar-refractivity contribution is 0.0282. The van der Waals surface area contributed by atoms with Gasteiger partial charge in [-0.3, -0.25) is 0 Å². The molecule has 1 aromatic carbocycles. The second kappa shape index (κ2) is 4.82. The van der Waals surface area contributed by atoms with E-state index in [9.17, 15) is 0 Å². The summed E-state index contributed by atoms with van der Waals surface area (Å²) < 4.78 is 5.27. The Hall–Kier alpha value is -1.02. The molecule has 0 aliphatic heterocycles. The molecule has 0 heterocycles. The van der Waals surface area contributed by atoms with Crippen LogP contribution in [0, 0.1) is 5.41 Å². The third kappa shape index (κ3) is 2.16. The molecule has 2 aliphatic carbocycles. The van der Waals surface area contributed by atoms with Crippen LogP contribution < -0.4 is 10.1 Å². The Kier molecular flexibility index (Phi) is 3.30. The summed E-state index contributed by atoms with van der Waals surface area (Å²) in [5.74, 6) is 0.957. The summed E-state index contributed by atoms with van der Waals surface area (Å²) in [6.45, 7) is 1.10. The molecule has 1 N–H and O–H groups in total. The molecule has 2 fully saturated rings. The van der Waals surface area contributed by atoms with Crippen molar-refractivity contribution in [3.05, 3.63) is 29.8 Å². The minimum absolute atomic E-state index is 0.366. The third-order valence-electron chi connectivity index (χ3n) is 5.31. The van der Waals surface area contributed by atoms with Gasteiger partial charge in [0.25, 0.3) is 0 Å². The zero-order valence-electron chi connectivity index (χ0n) is 12.2. The highest BCUT2D eigenvalue weighted by atomic mass is 16.5. The number of hydrogen-bond donors (Lipinski definition) is 1. The molecule has 104 valence electrons. The second-order valence-corrected chi connectivity index (χ2v) is 6.60. The molecule has 0 saturated heterocycles. The summed E-state index contributed by atoms with van der Waals surface area (Å²) in [7, 11) is 3.81. The first-order valence-corrected chi connectivity index (χ1v) is 7.51. The zero-order valence-corrected chi connectivity index (χ0v) is 12.2. The van der Waals surface area contributed by atoms with E-state index in [0.29, 0.717) is 10.8 Å². The largest absolute Gasteiger partial charge is 0.497 e. The van der Waals surface area contributed by atoms with E-state index in [1.807, 2.05) is 0 Å². The van der Waals surface area contributed by atoms with Crippen LogP contribution in [-0.2, 0) is 5.41 Å². The topological polar surface area (TPSA) is 21.3 Å². The Morgan fingerprint density at radius 3 is 2.26 bits per heavy atom. The van der Waals surface area contributed by atoms with Crippen molar-refractivity contribution in [3.8, 4) is 5.75 Å². The third-order valence-corrected chi connectivity index (χ3v) is 5.31. The molecule has 0 atom stereocenters. The van der Waals surface area contributed by atoms with Crippen LogP contribution in [0.2, 0.25) is 0 Å². The van der Waals surface area contributed by atoms with Crippen molar-refractivity contribution in [1.29, 1.82) is 0 Å². The van der Waals surface area contributed by atoms with Gasteiger partial charge in [0, 0.05) is 12.0 Å². The molecule has 2 aliphatic rings. The maximum atomic E-state index is 5.27. The minimum atomic E-state index is 0.366. The van der Waals surface area contributed by atoms with E-state index < -0.39 is 0 Å². The molecule has 0 bridgehead atoms. The normalized spacial score (nSPS) is 23.3. The molecular formula is C17H25NO. The van der Waals surface area contributed by atoms with Gasteiger partial charge in [-0.05, 0) is 55.8 Å². The van der Waals surface area contributed by atoms with E-state index in [4.69, 9.17) is 4.74 Å². The number of benzene rings is 1. The van der Waals surface area contributed by atoms with Crippen LogP contribution in [0.5, 0.6) is 5.75 Å². The van der Waals surface area contributed by atoms with Gasteiger partial charge in [-0.25, -0.2) is 0 Å². The zero-order chi connectivity index (χ0) is 13.3. The number of likely N-dealkylation sites (N-methyl/N-ethyl adjacent to an activating group) is 1. The van der Waals surface area contributed by atoms with Crippen molar-refractivity contribution in [3.63, 3.8) is 0 Å². The van der Waals surface area contributed by atoms with Crippen LogP contribution in [0.15, 0.2) is 24.3 Å². The van der Waals surface area contributed by atoms with Crippen LogP contribution in [0.1, 0.15) is 44.1 Å². The highest BCUT2D eigenvalue weighted by molar-refractivity contribution is 5.36. The van der Waals surface area contributed by atoms with E-state index in [1.54, 1.807) is 7.11 Å². The molecule has 0 radical (unpaired) electrons. The number of rotatable bonds is 4. The quantitative estimate of drug-likeness (QED) is 0.893. The summed E-state index contributed by atoms with van der Waals surface area (Å²) in [5, 5.41) is 3.41. The van der Waals surface area contributed by atoms with Crippen LogP contribution in [0.25, 0.3) is 0 Å². The van der Waals surface area contributed by atoms with E-state index in [2.05, 4.69) is 36.6 Å². The van der Waals surface area contributed by atoms with Crippen molar-refractivity contribution in [2.45, 2.75) is 43.9 Å². The maximum Gasteiger partial charge on any atom is 0.118 e. The van der Waals surface area contributed by atoms with Gasteiger partial charge in [-0.15, -0.1) is 0 Å². The van der Waals surface area contributed by atoms with Crippen LogP contribution in [0.3, 0.4) is 0 Å². The number of nitrogens with one attached hydrogen (secondary N) is 1. The highest BCUT2D eigenvalue weighted by Gasteiger charge is 2.55. The molecule has 0 unspecified atom stereocenters. The molecule has 3 rings (SSSR count). The lowest BCUT2D eigenvalue weighted by atomic mass is 9.49. The lowest BCUT2D eigenvalue weighted by Crippen LogP contribution is -2.53. The van der Waals surface area contributed by atoms with Crippen molar-refractivity contribution in [2.24, 2.45) is 5.41 Å². The summed E-state index contributed by atoms with van der Waals surface area (Å²) in [6, 6.07) is 8.73. The fourth-order valence-corrected chi connectivity index (χ4v) is 4.58. The van der Waals surface area contributed by atoms with Gasteiger partial charge in [-0.2, -0.15) is 0 Å². The lowest BCUT2D eigenvalue weighted by Gasteiger charge is -2.56. The predicted octanol–water partition coefficient (Wildman–Crippen LogP) is 3.51. The molecular weight excluding hydrogens is 234 g/mol. The maximum absolute atomic E-state index is 5.27. The first kappa shape index (κ1) is 13.0. The number of methoxy groups -OCH3 is 1. The van der Waals surface area contributed by atoms with Crippen LogP contribution in [-0.4, -0.2) is 20.7 Å². The molecule has 0 amide bonds. The number of ether oxygens (including phenoxy) is 1. The van der Waals surface area contributed by atoms with E-state index in [-0.39, 0.29) is 0 Å². The van der Waals surface area contributed by atoms with E-state index >= 15 is 0 Å². The van der Waals surface area contributed by atoms with Crippen molar-refractivity contribution in [2.75, 3.05) is 20.7 Å². The van der Waals surface area contributed by atoms with Gasteiger partial charge in [0.15, 0.2) is 0 Å². The summed E-state index contributed by atoms with van der Waals surface area (Å²) in [4.78, 5) is 0. The Morgan fingerprint density at radius 1 is 1.11 bits per heavy atom. The van der Waals surface area contributed by atoms with E-state index in [1.165, 1.54) is 44.1 Å². The smallest absolute Gasteiger partial charge is 0.118 e. The Bertz CT molecular complexity index is 423. The van der Waals surface area contributed by atoms with Gasteiger partial charge >= 0.3 is 0 Å². The second-order valence-electron chi connectivity index (χ2n) is 6.60. The molecule has 1 spiro atoms. The highest BCUT2D eigenvalue weighted by Crippen LogP contribution is 2.62. The van der Waals surface area contributed by atoms with Gasteiger partial charge in [0.05, 0.1) is 7.11 Å². The van der Waals surface area contributed by atoms with Crippen molar-refractivity contribution in [1.82, 2.24) is 5.32 Å². The number of hydrogen-bond acceptors (Lipinski definition) is 2. The summed E-state index contributed by atoms with van der Waals surface area (Å²) in [6.07, 6.45) is 8.53. The van der Waals surface area contributed by atoms with Crippen LogP contribution in [0.4, 0.5) is 0 Å². The Labute approximate surface area is 116 Å². The van der Waals surface area contributed by atoms with E-state index in [0.717, 1.165) is 12.3 Å². The SMILES string of the molecule is CNCC1(c2ccc(OC)cc2)CC2(CCCC2)C1. The summed E-state index contributed by atoms with van der Waals surface area (Å²) in [5.41, 5.74) is 2.53. The minimum Gasteiger partial charge on any atom is -0.497 e. The fraction of sp³-hybridized carbons (Fsp3) is 0.647. The predicted molar refractivity (Wildman–Crippen MR) is 78.7 cm³/mol. The van der Waals surface area contributed by atoms with Crippen molar-refractivity contribution >= 4 is 0 Å². The molecule has 0 aromatic heterocycles. The standard InChI is InChI=1S/C17H25NO/c1-18-13-17(11-16(12-17)9-3-4-10-16)14-5-7-15(19-2)8-6-14/h5-8,18H,3-4,9-13H2,1-2H3. The fourth-order valence-electron chi connectivity index (χ4n) is 4.58. The first-order valence-electron chi connectivity index (χ1n) is 7.51. The van der Waals surface area contributed by atoms with Gasteiger partial charge < -0.3 is 10.1 Å². The summed E-state index contributed by atoms with van der Waals surface area (Å²) >= 11 is 0.